The van der Waals surface area contributed by atoms with Gasteiger partial charge in [0.2, 0.25) is 0 Å². The van der Waals surface area contributed by atoms with E-state index in [1.54, 1.807) is 0 Å². The van der Waals surface area contributed by atoms with Crippen molar-refractivity contribution in [1.29, 1.82) is 0 Å². The number of nitrogens with one attached hydrogen (secondary N) is 1. The Labute approximate surface area is 88.5 Å². The zero-order chi connectivity index (χ0) is 10.4. The zero-order valence-corrected chi connectivity index (χ0v) is 9.92. The van der Waals surface area contributed by atoms with Gasteiger partial charge in [0.1, 0.15) is 0 Å². The van der Waals surface area contributed by atoms with E-state index in [-0.39, 0.29) is 0 Å². The van der Waals surface area contributed by atoms with Crippen molar-refractivity contribution in [3.8, 4) is 0 Å². The first-order valence-corrected chi connectivity index (χ1v) is 5.81. The van der Waals surface area contributed by atoms with Crippen molar-refractivity contribution in [3.05, 3.63) is 0 Å². The van der Waals surface area contributed by atoms with Gasteiger partial charge in [0, 0.05) is 25.7 Å². The van der Waals surface area contributed by atoms with E-state index in [2.05, 4.69) is 29.1 Å². The fourth-order valence-electron chi connectivity index (χ4n) is 1.98. The van der Waals surface area contributed by atoms with Crippen LogP contribution in [0.3, 0.4) is 0 Å². The molecule has 0 radical (unpaired) electrons. The molecule has 1 rings (SSSR count). The molecule has 1 unspecified atom stereocenters. The average molecular weight is 199 g/mol. The van der Waals surface area contributed by atoms with Crippen molar-refractivity contribution in [2.24, 2.45) is 0 Å². The van der Waals surface area contributed by atoms with E-state index in [1.165, 1.54) is 39.0 Å². The molecule has 1 heterocycles. The summed E-state index contributed by atoms with van der Waals surface area (Å²) in [4.78, 5) is 5.01. The molecule has 1 atom stereocenters. The van der Waals surface area contributed by atoms with Gasteiger partial charge >= 0.3 is 0 Å². The minimum absolute atomic E-state index is 0.641. The highest BCUT2D eigenvalue weighted by molar-refractivity contribution is 4.70. The zero-order valence-electron chi connectivity index (χ0n) is 9.92. The smallest absolute Gasteiger partial charge is 0.0189 e. The molecule has 1 aliphatic rings. The SMILES string of the molecule is CNCC(C)N(C)CCN1CCCC1. The molecule has 0 bridgehead atoms. The minimum Gasteiger partial charge on any atom is -0.318 e. The van der Waals surface area contributed by atoms with Crippen molar-refractivity contribution < 1.29 is 0 Å². The van der Waals surface area contributed by atoms with Crippen molar-refractivity contribution >= 4 is 0 Å². The number of nitrogens with zero attached hydrogens (tertiary/aromatic N) is 2. The summed E-state index contributed by atoms with van der Waals surface area (Å²) in [6.45, 7) is 8.42. The van der Waals surface area contributed by atoms with E-state index in [9.17, 15) is 0 Å². The van der Waals surface area contributed by atoms with Gasteiger partial charge in [-0.15, -0.1) is 0 Å². The van der Waals surface area contributed by atoms with Crippen LogP contribution in [0.25, 0.3) is 0 Å². The predicted octanol–water partition coefficient (Wildman–Crippen LogP) is 0.622. The lowest BCUT2D eigenvalue weighted by atomic mass is 10.3. The molecule has 0 aliphatic carbocycles. The summed E-state index contributed by atoms with van der Waals surface area (Å²) in [5.74, 6) is 0. The maximum atomic E-state index is 3.22. The van der Waals surface area contributed by atoms with Crippen molar-refractivity contribution in [1.82, 2.24) is 15.1 Å². The largest absolute Gasteiger partial charge is 0.318 e. The first-order valence-electron chi connectivity index (χ1n) is 5.81. The Bertz CT molecular complexity index is 143. The maximum Gasteiger partial charge on any atom is 0.0189 e. The van der Waals surface area contributed by atoms with Crippen molar-refractivity contribution in [3.63, 3.8) is 0 Å². The Morgan fingerprint density at radius 2 is 2.00 bits per heavy atom. The number of hydrogen-bond acceptors (Lipinski definition) is 3. The molecule has 0 amide bonds. The molecule has 0 aromatic carbocycles. The van der Waals surface area contributed by atoms with E-state index in [1.807, 2.05) is 7.05 Å². The Kier molecular flexibility index (Phi) is 5.45. The van der Waals surface area contributed by atoms with Crippen LogP contribution in [-0.4, -0.2) is 62.7 Å². The molecule has 84 valence electrons. The second-order valence-corrected chi connectivity index (χ2v) is 4.44. The van der Waals surface area contributed by atoms with Crippen LogP contribution in [-0.2, 0) is 0 Å². The molecule has 3 nitrogen and oxygen atoms in total. The van der Waals surface area contributed by atoms with E-state index in [0.717, 1.165) is 6.54 Å². The van der Waals surface area contributed by atoms with E-state index in [0.29, 0.717) is 6.04 Å². The monoisotopic (exact) mass is 199 g/mol. The normalized spacial score (nSPS) is 20.6. The Morgan fingerprint density at radius 3 is 2.57 bits per heavy atom. The van der Waals surface area contributed by atoms with Crippen molar-refractivity contribution in [2.75, 3.05) is 46.8 Å². The van der Waals surface area contributed by atoms with Crippen LogP contribution in [0.5, 0.6) is 0 Å². The van der Waals surface area contributed by atoms with Gasteiger partial charge < -0.3 is 15.1 Å². The number of rotatable bonds is 6. The lowest BCUT2D eigenvalue weighted by molar-refractivity contribution is 0.213. The molecule has 1 saturated heterocycles. The van der Waals surface area contributed by atoms with Gasteiger partial charge in [-0.1, -0.05) is 0 Å². The maximum absolute atomic E-state index is 3.22. The summed E-state index contributed by atoms with van der Waals surface area (Å²) in [7, 11) is 4.24. The molecule has 1 N–H and O–H groups in total. The molecular weight excluding hydrogens is 174 g/mol. The first kappa shape index (κ1) is 12.0. The lowest BCUT2D eigenvalue weighted by Crippen LogP contribution is -2.40. The third-order valence-corrected chi connectivity index (χ3v) is 3.22. The average Bonchev–Trinajstić information content (AvgIpc) is 2.67. The number of likely N-dealkylation sites (N-methyl/N-ethyl adjacent to an activating group) is 2. The van der Waals surface area contributed by atoms with Crippen LogP contribution in [0.2, 0.25) is 0 Å². The van der Waals surface area contributed by atoms with E-state index < -0.39 is 0 Å². The highest BCUT2D eigenvalue weighted by Crippen LogP contribution is 2.06. The quantitative estimate of drug-likeness (QED) is 0.676. The summed E-state index contributed by atoms with van der Waals surface area (Å²) in [6, 6.07) is 0.641. The van der Waals surface area contributed by atoms with Gasteiger partial charge in [0.05, 0.1) is 0 Å². The van der Waals surface area contributed by atoms with Crippen LogP contribution in [0.4, 0.5) is 0 Å². The Morgan fingerprint density at radius 1 is 1.36 bits per heavy atom. The summed E-state index contributed by atoms with van der Waals surface area (Å²) in [5, 5.41) is 3.22. The molecule has 0 saturated carbocycles. The van der Waals surface area contributed by atoms with Crippen LogP contribution in [0.15, 0.2) is 0 Å². The third kappa shape index (κ3) is 3.95. The fraction of sp³-hybridized carbons (Fsp3) is 1.00. The molecule has 1 aliphatic heterocycles. The predicted molar refractivity (Wildman–Crippen MR) is 61.7 cm³/mol. The Balaban J connectivity index is 2.09. The highest BCUT2D eigenvalue weighted by Gasteiger charge is 2.13. The highest BCUT2D eigenvalue weighted by atomic mass is 15.2. The molecule has 0 spiro atoms. The van der Waals surface area contributed by atoms with Crippen molar-refractivity contribution in [2.45, 2.75) is 25.8 Å². The number of hydrogen-bond donors (Lipinski definition) is 1. The first-order chi connectivity index (χ1) is 6.74. The second kappa shape index (κ2) is 6.38. The van der Waals surface area contributed by atoms with Gasteiger partial charge in [-0.2, -0.15) is 0 Å². The molecule has 0 aromatic rings. The van der Waals surface area contributed by atoms with Gasteiger partial charge in [-0.3, -0.25) is 0 Å². The van der Waals surface area contributed by atoms with Gasteiger partial charge in [-0.05, 0) is 47.0 Å². The number of likely N-dealkylation sites (tertiary alicyclic amines) is 1. The molecule has 0 aromatic heterocycles. The van der Waals surface area contributed by atoms with Gasteiger partial charge in [0.15, 0.2) is 0 Å². The molecular formula is C11H25N3. The summed E-state index contributed by atoms with van der Waals surface area (Å²) in [5.41, 5.74) is 0. The summed E-state index contributed by atoms with van der Waals surface area (Å²) in [6.07, 6.45) is 2.80. The standard InChI is InChI=1S/C11H25N3/c1-11(10-12-2)13(3)8-9-14-6-4-5-7-14/h11-12H,4-10H2,1-3H3. The van der Waals surface area contributed by atoms with E-state index in [4.69, 9.17) is 0 Å². The summed E-state index contributed by atoms with van der Waals surface area (Å²) >= 11 is 0. The lowest BCUT2D eigenvalue weighted by Gasteiger charge is -2.26. The third-order valence-electron chi connectivity index (χ3n) is 3.22. The van der Waals surface area contributed by atoms with Gasteiger partial charge in [0.25, 0.3) is 0 Å². The second-order valence-electron chi connectivity index (χ2n) is 4.44. The summed E-state index contributed by atoms with van der Waals surface area (Å²) < 4.78 is 0. The fourth-order valence-corrected chi connectivity index (χ4v) is 1.98. The molecule has 14 heavy (non-hydrogen) atoms. The Hall–Kier alpha value is -0.120. The van der Waals surface area contributed by atoms with E-state index >= 15 is 0 Å². The van der Waals surface area contributed by atoms with Crippen LogP contribution in [0, 0.1) is 0 Å². The van der Waals surface area contributed by atoms with Crippen LogP contribution >= 0.6 is 0 Å². The minimum atomic E-state index is 0.641. The topological polar surface area (TPSA) is 18.5 Å². The molecule has 1 fully saturated rings. The van der Waals surface area contributed by atoms with Gasteiger partial charge in [-0.25, -0.2) is 0 Å². The van der Waals surface area contributed by atoms with Crippen LogP contribution < -0.4 is 5.32 Å². The van der Waals surface area contributed by atoms with Crippen LogP contribution in [0.1, 0.15) is 19.8 Å². The molecule has 3 heteroatoms.